The average molecular weight is 286 g/mol. The average Bonchev–Trinajstić information content (AvgIpc) is 2.79. The first-order chi connectivity index (χ1) is 8.71. The highest BCUT2D eigenvalue weighted by molar-refractivity contribution is 7.11. The number of hydrogen-bond acceptors (Lipinski definition) is 3. The summed E-state index contributed by atoms with van der Waals surface area (Å²) in [6.45, 7) is 3.62. The van der Waals surface area contributed by atoms with Crippen molar-refractivity contribution in [2.45, 2.75) is 25.6 Å². The fourth-order valence-electron chi connectivity index (χ4n) is 1.69. The predicted molar refractivity (Wildman–Crippen MR) is 68.9 cm³/mol. The van der Waals surface area contributed by atoms with Gasteiger partial charge in [-0.1, -0.05) is 29.8 Å². The number of alkyl halides is 3. The molecule has 1 unspecified atom stereocenters. The molecule has 19 heavy (non-hydrogen) atoms. The summed E-state index contributed by atoms with van der Waals surface area (Å²) in [7, 11) is 0. The molecule has 0 amide bonds. The molecule has 1 heterocycles. The quantitative estimate of drug-likeness (QED) is 0.914. The first kappa shape index (κ1) is 14.0. The molecule has 0 saturated heterocycles. The van der Waals surface area contributed by atoms with Gasteiger partial charge in [0.25, 0.3) is 0 Å². The Morgan fingerprint density at radius 1 is 1.16 bits per heavy atom. The number of nitrogens with zero attached hydrogens (tertiary/aromatic N) is 1. The highest BCUT2D eigenvalue weighted by atomic mass is 32.1. The number of halogens is 3. The van der Waals surface area contributed by atoms with Gasteiger partial charge in [-0.05, 0) is 19.4 Å². The van der Waals surface area contributed by atoms with Crippen LogP contribution in [0.5, 0.6) is 0 Å². The summed E-state index contributed by atoms with van der Waals surface area (Å²) >= 11 is 0.585. The van der Waals surface area contributed by atoms with E-state index in [1.54, 1.807) is 6.92 Å². The second kappa shape index (κ2) is 4.61. The third kappa shape index (κ3) is 2.79. The van der Waals surface area contributed by atoms with Crippen molar-refractivity contribution in [2.75, 3.05) is 0 Å². The zero-order valence-corrected chi connectivity index (χ0v) is 11.3. The number of thiazole rings is 1. The van der Waals surface area contributed by atoms with Crippen molar-refractivity contribution < 1.29 is 13.2 Å². The summed E-state index contributed by atoms with van der Waals surface area (Å²) in [5, 5.41) is -0.869. The fourth-order valence-corrected chi connectivity index (χ4v) is 2.55. The normalized spacial score (nSPS) is 15.3. The summed E-state index contributed by atoms with van der Waals surface area (Å²) in [5.41, 5.74) is 7.02. The third-order valence-electron chi connectivity index (χ3n) is 2.91. The highest BCUT2D eigenvalue weighted by Crippen LogP contribution is 2.37. The van der Waals surface area contributed by atoms with E-state index in [9.17, 15) is 13.2 Å². The molecule has 2 rings (SSSR count). The van der Waals surface area contributed by atoms with Gasteiger partial charge < -0.3 is 5.73 Å². The Labute approximate surface area is 113 Å². The Hall–Kier alpha value is -1.40. The van der Waals surface area contributed by atoms with Crippen LogP contribution in [-0.2, 0) is 11.7 Å². The minimum Gasteiger partial charge on any atom is -0.317 e. The van der Waals surface area contributed by atoms with E-state index < -0.39 is 16.7 Å². The lowest BCUT2D eigenvalue weighted by atomic mass is 9.91. The number of rotatable bonds is 2. The molecule has 0 spiro atoms. The van der Waals surface area contributed by atoms with E-state index in [1.807, 2.05) is 31.2 Å². The van der Waals surface area contributed by atoms with E-state index >= 15 is 0 Å². The molecule has 102 valence electrons. The van der Waals surface area contributed by atoms with Gasteiger partial charge in [0.1, 0.15) is 0 Å². The lowest BCUT2D eigenvalue weighted by Crippen LogP contribution is -2.33. The maximum atomic E-state index is 12.6. The number of nitrogens with two attached hydrogens (primary N) is 1. The Kier molecular flexibility index (Phi) is 3.40. The summed E-state index contributed by atoms with van der Waals surface area (Å²) in [5.74, 6) is 0. The fraction of sp³-hybridized carbons (Fsp3) is 0.308. The van der Waals surface area contributed by atoms with Gasteiger partial charge in [0.05, 0.1) is 5.54 Å². The molecule has 2 aromatic rings. The molecule has 6 heteroatoms. The summed E-state index contributed by atoms with van der Waals surface area (Å²) in [4.78, 5) is 3.80. The number of hydrogen-bond donors (Lipinski definition) is 1. The molecule has 0 fully saturated rings. The Morgan fingerprint density at radius 3 is 2.21 bits per heavy atom. The Morgan fingerprint density at radius 2 is 1.74 bits per heavy atom. The molecule has 0 aliphatic rings. The monoisotopic (exact) mass is 286 g/mol. The minimum absolute atomic E-state index is 0.392. The molecule has 2 N–H and O–H groups in total. The summed E-state index contributed by atoms with van der Waals surface area (Å²) < 4.78 is 37.7. The van der Waals surface area contributed by atoms with Crippen LogP contribution in [0.2, 0.25) is 0 Å². The van der Waals surface area contributed by atoms with Crippen molar-refractivity contribution >= 4 is 11.3 Å². The van der Waals surface area contributed by atoms with Crippen LogP contribution in [0, 0.1) is 6.92 Å². The molecular formula is C13H13F3N2S. The van der Waals surface area contributed by atoms with E-state index in [1.165, 1.54) is 6.20 Å². The first-order valence-corrected chi connectivity index (χ1v) is 6.42. The van der Waals surface area contributed by atoms with Crippen molar-refractivity contribution in [1.82, 2.24) is 4.98 Å². The number of aromatic nitrogens is 1. The summed E-state index contributed by atoms with van der Waals surface area (Å²) in [6.07, 6.45) is -3.22. The van der Waals surface area contributed by atoms with Crippen molar-refractivity contribution in [3.8, 4) is 0 Å². The van der Waals surface area contributed by atoms with Gasteiger partial charge in [0.15, 0.2) is 5.01 Å². The van der Waals surface area contributed by atoms with E-state index in [0.29, 0.717) is 16.2 Å². The van der Waals surface area contributed by atoms with E-state index in [2.05, 4.69) is 4.98 Å². The van der Waals surface area contributed by atoms with Crippen LogP contribution >= 0.6 is 11.3 Å². The number of aryl methyl sites for hydroxylation is 1. The largest absolute Gasteiger partial charge is 0.443 e. The standard InChI is InChI=1S/C13H13F3N2S/c1-8-3-5-9(6-4-8)12(2,17)10-7-18-11(19-10)13(14,15)16/h3-7H,17H2,1-2H3. The van der Waals surface area contributed by atoms with Gasteiger partial charge in [0.2, 0.25) is 0 Å². The van der Waals surface area contributed by atoms with Crippen LogP contribution in [0.15, 0.2) is 30.5 Å². The zero-order chi connectivity index (χ0) is 14.3. The zero-order valence-electron chi connectivity index (χ0n) is 10.5. The Bertz CT molecular complexity index is 570. The van der Waals surface area contributed by atoms with Crippen molar-refractivity contribution in [3.63, 3.8) is 0 Å². The van der Waals surface area contributed by atoms with Crippen LogP contribution in [0.1, 0.15) is 27.9 Å². The molecule has 2 nitrogen and oxygen atoms in total. The molecule has 1 atom stereocenters. The second-order valence-corrected chi connectivity index (χ2v) is 5.63. The summed E-state index contributed by atoms with van der Waals surface area (Å²) in [6, 6.07) is 7.41. The van der Waals surface area contributed by atoms with Crippen LogP contribution < -0.4 is 5.73 Å². The Balaban J connectivity index is 2.39. The van der Waals surface area contributed by atoms with Crippen molar-refractivity contribution in [2.24, 2.45) is 5.73 Å². The molecular weight excluding hydrogens is 273 g/mol. The van der Waals surface area contributed by atoms with E-state index in [4.69, 9.17) is 5.73 Å². The van der Waals surface area contributed by atoms with Gasteiger partial charge in [-0.25, -0.2) is 4.98 Å². The van der Waals surface area contributed by atoms with Crippen LogP contribution in [0.4, 0.5) is 13.2 Å². The molecule has 0 aliphatic heterocycles. The van der Waals surface area contributed by atoms with Crippen molar-refractivity contribution in [3.05, 3.63) is 51.5 Å². The highest BCUT2D eigenvalue weighted by Gasteiger charge is 2.37. The molecule has 0 saturated carbocycles. The van der Waals surface area contributed by atoms with Gasteiger partial charge in [-0.2, -0.15) is 13.2 Å². The molecule has 1 aromatic carbocycles. The molecule has 1 aromatic heterocycles. The van der Waals surface area contributed by atoms with Gasteiger partial charge in [0, 0.05) is 11.1 Å². The SMILES string of the molecule is Cc1ccc(C(C)(N)c2cnc(C(F)(F)F)s2)cc1. The number of benzene rings is 1. The smallest absolute Gasteiger partial charge is 0.317 e. The van der Waals surface area contributed by atoms with E-state index in [-0.39, 0.29) is 0 Å². The first-order valence-electron chi connectivity index (χ1n) is 5.61. The molecule has 0 radical (unpaired) electrons. The van der Waals surface area contributed by atoms with Crippen molar-refractivity contribution in [1.29, 1.82) is 0 Å². The van der Waals surface area contributed by atoms with Crippen LogP contribution in [-0.4, -0.2) is 4.98 Å². The van der Waals surface area contributed by atoms with Gasteiger partial charge in [-0.3, -0.25) is 0 Å². The van der Waals surface area contributed by atoms with Gasteiger partial charge >= 0.3 is 6.18 Å². The lowest BCUT2D eigenvalue weighted by molar-refractivity contribution is -0.137. The lowest BCUT2D eigenvalue weighted by Gasteiger charge is -2.23. The minimum atomic E-state index is -4.42. The maximum absolute atomic E-state index is 12.6. The molecule has 0 aliphatic carbocycles. The second-order valence-electron chi connectivity index (χ2n) is 4.60. The van der Waals surface area contributed by atoms with Crippen LogP contribution in [0.3, 0.4) is 0 Å². The van der Waals surface area contributed by atoms with Crippen LogP contribution in [0.25, 0.3) is 0 Å². The molecule has 0 bridgehead atoms. The predicted octanol–water partition coefficient (Wildman–Crippen LogP) is 3.69. The van der Waals surface area contributed by atoms with E-state index in [0.717, 1.165) is 11.1 Å². The maximum Gasteiger partial charge on any atom is 0.443 e. The third-order valence-corrected chi connectivity index (χ3v) is 4.19. The van der Waals surface area contributed by atoms with Gasteiger partial charge in [-0.15, -0.1) is 11.3 Å². The topological polar surface area (TPSA) is 38.9 Å².